The van der Waals surface area contributed by atoms with Crippen LogP contribution in [0.1, 0.15) is 11.1 Å². The maximum Gasteiger partial charge on any atom is 0.328 e. The Hall–Kier alpha value is -2.70. The first-order chi connectivity index (χ1) is 9.86. The lowest BCUT2D eigenvalue weighted by molar-refractivity contribution is -0.131. The SMILES string of the molecule is CN1CC(=O)N(Cc2cc(F)cc(C=CC(=O)O)c2)C1=O. The average molecular weight is 292 g/mol. The highest BCUT2D eigenvalue weighted by atomic mass is 19.1. The van der Waals surface area contributed by atoms with Crippen molar-refractivity contribution >= 4 is 24.0 Å². The Morgan fingerprint density at radius 2 is 2.10 bits per heavy atom. The van der Waals surface area contributed by atoms with Crippen LogP contribution in [0.15, 0.2) is 24.3 Å². The van der Waals surface area contributed by atoms with Crippen LogP contribution in [-0.4, -0.2) is 46.4 Å². The van der Waals surface area contributed by atoms with E-state index in [1.807, 2.05) is 0 Å². The Morgan fingerprint density at radius 3 is 2.67 bits per heavy atom. The standard InChI is InChI=1S/C14H13FN2O4/c1-16-8-12(18)17(14(16)21)7-10-4-9(2-3-13(19)20)5-11(15)6-10/h2-6H,7-8H2,1H3,(H,19,20). The van der Waals surface area contributed by atoms with Gasteiger partial charge >= 0.3 is 12.0 Å². The number of urea groups is 1. The van der Waals surface area contributed by atoms with Gasteiger partial charge < -0.3 is 10.0 Å². The van der Waals surface area contributed by atoms with Gasteiger partial charge in [-0.2, -0.15) is 0 Å². The molecule has 0 atom stereocenters. The number of halogens is 1. The van der Waals surface area contributed by atoms with E-state index in [0.29, 0.717) is 11.1 Å². The van der Waals surface area contributed by atoms with Crippen molar-refractivity contribution in [1.29, 1.82) is 0 Å². The molecule has 1 aromatic carbocycles. The fourth-order valence-electron chi connectivity index (χ4n) is 2.04. The number of nitrogens with zero attached hydrogens (tertiary/aromatic N) is 2. The molecule has 0 radical (unpaired) electrons. The van der Waals surface area contributed by atoms with E-state index in [-0.39, 0.29) is 19.0 Å². The molecule has 1 aliphatic rings. The van der Waals surface area contributed by atoms with Crippen LogP contribution in [0.4, 0.5) is 9.18 Å². The Kier molecular flexibility index (Phi) is 4.02. The molecule has 0 unspecified atom stereocenters. The third-order valence-electron chi connectivity index (χ3n) is 2.97. The van der Waals surface area contributed by atoms with E-state index in [4.69, 9.17) is 5.11 Å². The molecule has 0 bridgehead atoms. The van der Waals surface area contributed by atoms with Crippen molar-refractivity contribution in [3.8, 4) is 0 Å². The first kappa shape index (κ1) is 14.7. The molecule has 1 fully saturated rings. The smallest absolute Gasteiger partial charge is 0.328 e. The summed E-state index contributed by atoms with van der Waals surface area (Å²) in [5.41, 5.74) is 0.761. The van der Waals surface area contributed by atoms with Crippen molar-refractivity contribution in [3.05, 3.63) is 41.2 Å². The number of carboxylic acid groups (broad SMARTS) is 1. The van der Waals surface area contributed by atoms with E-state index in [1.54, 1.807) is 0 Å². The second-order valence-corrected chi connectivity index (χ2v) is 4.68. The van der Waals surface area contributed by atoms with Gasteiger partial charge in [0.2, 0.25) is 0 Å². The van der Waals surface area contributed by atoms with Crippen LogP contribution in [0.2, 0.25) is 0 Å². The first-order valence-electron chi connectivity index (χ1n) is 6.13. The van der Waals surface area contributed by atoms with Gasteiger partial charge in [0, 0.05) is 13.1 Å². The largest absolute Gasteiger partial charge is 0.478 e. The lowest BCUT2D eigenvalue weighted by atomic mass is 10.1. The topological polar surface area (TPSA) is 77.9 Å². The number of aliphatic carboxylic acids is 1. The molecule has 7 heteroatoms. The zero-order valence-electron chi connectivity index (χ0n) is 11.2. The van der Waals surface area contributed by atoms with Crippen LogP contribution in [0.5, 0.6) is 0 Å². The zero-order valence-corrected chi connectivity index (χ0v) is 11.2. The molecular weight excluding hydrogens is 279 g/mol. The van der Waals surface area contributed by atoms with Crippen molar-refractivity contribution < 1.29 is 23.9 Å². The number of rotatable bonds is 4. The van der Waals surface area contributed by atoms with E-state index in [1.165, 1.54) is 36.2 Å². The van der Waals surface area contributed by atoms with Crippen LogP contribution in [0.3, 0.4) is 0 Å². The number of hydrogen-bond acceptors (Lipinski definition) is 3. The summed E-state index contributed by atoms with van der Waals surface area (Å²) in [6.45, 7) is -0.0480. The minimum absolute atomic E-state index is 0.0000762. The summed E-state index contributed by atoms with van der Waals surface area (Å²) in [6, 6.07) is 3.47. The molecule has 1 heterocycles. The number of hydrogen-bond donors (Lipinski definition) is 1. The number of amides is 3. The van der Waals surface area contributed by atoms with Gasteiger partial charge in [0.25, 0.3) is 5.91 Å². The van der Waals surface area contributed by atoms with E-state index < -0.39 is 17.8 Å². The van der Waals surface area contributed by atoms with Gasteiger partial charge in [0.15, 0.2) is 0 Å². The fraction of sp³-hybridized carbons (Fsp3) is 0.214. The molecule has 0 saturated carbocycles. The molecule has 0 aliphatic carbocycles. The maximum atomic E-state index is 13.5. The summed E-state index contributed by atoms with van der Waals surface area (Å²) in [5, 5.41) is 8.56. The second kappa shape index (κ2) is 5.74. The van der Waals surface area contributed by atoms with Crippen molar-refractivity contribution in [2.45, 2.75) is 6.54 Å². The third-order valence-corrected chi connectivity index (χ3v) is 2.97. The quantitative estimate of drug-likeness (QED) is 0.670. The number of carbonyl (C=O) groups is 3. The van der Waals surface area contributed by atoms with Crippen molar-refractivity contribution in [2.24, 2.45) is 0 Å². The monoisotopic (exact) mass is 292 g/mol. The highest BCUT2D eigenvalue weighted by Crippen LogP contribution is 2.16. The molecule has 6 nitrogen and oxygen atoms in total. The number of carbonyl (C=O) groups excluding carboxylic acids is 2. The summed E-state index contributed by atoms with van der Waals surface area (Å²) in [6.07, 6.45) is 2.13. The molecule has 0 spiro atoms. The van der Waals surface area contributed by atoms with Crippen LogP contribution >= 0.6 is 0 Å². The van der Waals surface area contributed by atoms with Crippen LogP contribution in [0, 0.1) is 5.82 Å². The van der Waals surface area contributed by atoms with E-state index in [0.717, 1.165) is 11.0 Å². The molecule has 1 saturated heterocycles. The van der Waals surface area contributed by atoms with Crippen LogP contribution in [0.25, 0.3) is 6.08 Å². The minimum atomic E-state index is -1.15. The lowest BCUT2D eigenvalue weighted by Gasteiger charge is -2.14. The van der Waals surface area contributed by atoms with Gasteiger partial charge in [-0.15, -0.1) is 0 Å². The van der Waals surface area contributed by atoms with Gasteiger partial charge in [-0.3, -0.25) is 9.69 Å². The van der Waals surface area contributed by atoms with Gasteiger partial charge in [-0.1, -0.05) is 0 Å². The zero-order chi connectivity index (χ0) is 15.6. The van der Waals surface area contributed by atoms with Crippen LogP contribution < -0.4 is 0 Å². The highest BCUT2D eigenvalue weighted by Gasteiger charge is 2.33. The first-order valence-corrected chi connectivity index (χ1v) is 6.13. The van der Waals surface area contributed by atoms with Gasteiger partial charge in [-0.05, 0) is 35.4 Å². The average Bonchev–Trinajstić information content (AvgIpc) is 2.62. The fourth-order valence-corrected chi connectivity index (χ4v) is 2.04. The summed E-state index contributed by atoms with van der Waals surface area (Å²) >= 11 is 0. The molecule has 1 aliphatic heterocycles. The molecule has 1 aromatic rings. The molecule has 1 N–H and O–H groups in total. The molecule has 3 amide bonds. The third kappa shape index (κ3) is 3.44. The minimum Gasteiger partial charge on any atom is -0.478 e. The Morgan fingerprint density at radius 1 is 1.38 bits per heavy atom. The predicted molar refractivity (Wildman–Crippen MR) is 71.6 cm³/mol. The van der Waals surface area contributed by atoms with Crippen molar-refractivity contribution in [2.75, 3.05) is 13.6 Å². The second-order valence-electron chi connectivity index (χ2n) is 4.68. The highest BCUT2D eigenvalue weighted by molar-refractivity contribution is 6.01. The Balaban J connectivity index is 2.22. The Labute approximate surface area is 120 Å². The normalized spacial score (nSPS) is 15.3. The summed E-state index contributed by atoms with van der Waals surface area (Å²) in [7, 11) is 1.51. The van der Waals surface area contributed by atoms with Crippen molar-refractivity contribution in [1.82, 2.24) is 9.80 Å². The van der Waals surface area contributed by atoms with Gasteiger partial charge in [0.1, 0.15) is 12.4 Å². The number of likely N-dealkylation sites (N-methyl/N-ethyl adjacent to an activating group) is 1. The van der Waals surface area contributed by atoms with Gasteiger partial charge in [-0.25, -0.2) is 14.0 Å². The summed E-state index contributed by atoms with van der Waals surface area (Å²) < 4.78 is 13.5. The molecular formula is C14H13FN2O4. The van der Waals surface area contributed by atoms with E-state index >= 15 is 0 Å². The lowest BCUT2D eigenvalue weighted by Crippen LogP contribution is -2.31. The predicted octanol–water partition coefficient (Wildman–Crippen LogP) is 1.32. The maximum absolute atomic E-state index is 13.5. The molecule has 0 aromatic heterocycles. The van der Waals surface area contributed by atoms with Crippen LogP contribution in [-0.2, 0) is 16.1 Å². The number of benzene rings is 1. The molecule has 110 valence electrons. The Bertz CT molecular complexity index is 642. The molecule has 2 rings (SSSR count). The summed E-state index contributed by atoms with van der Waals surface area (Å²) in [4.78, 5) is 36.2. The summed E-state index contributed by atoms with van der Waals surface area (Å²) in [5.74, 6) is -2.06. The number of imide groups is 1. The van der Waals surface area contributed by atoms with E-state index in [9.17, 15) is 18.8 Å². The molecule has 21 heavy (non-hydrogen) atoms. The van der Waals surface area contributed by atoms with E-state index in [2.05, 4.69) is 0 Å². The number of carboxylic acids is 1. The van der Waals surface area contributed by atoms with Gasteiger partial charge in [0.05, 0.1) is 6.54 Å². The van der Waals surface area contributed by atoms with Crippen molar-refractivity contribution in [3.63, 3.8) is 0 Å².